The van der Waals surface area contributed by atoms with E-state index in [0.717, 1.165) is 5.06 Å². The molecule has 0 aromatic heterocycles. The first-order valence-corrected chi connectivity index (χ1v) is 4.72. The van der Waals surface area contributed by atoms with Crippen molar-refractivity contribution in [2.24, 2.45) is 0 Å². The average molecular weight is 215 g/mol. The molecule has 0 spiro atoms. The maximum atomic E-state index is 13.2. The molecule has 4 heteroatoms. The summed E-state index contributed by atoms with van der Waals surface area (Å²) < 4.78 is 26.4. The summed E-state index contributed by atoms with van der Waals surface area (Å²) in [4.78, 5) is 0. The van der Waals surface area contributed by atoms with E-state index in [-0.39, 0.29) is 12.1 Å². The fraction of sp³-hybridized carbons (Fsp3) is 0.455. The lowest BCUT2D eigenvalue weighted by molar-refractivity contribution is -0.164. The third-order valence-electron chi connectivity index (χ3n) is 2.14. The largest absolute Gasteiger partial charge is 0.313 e. The van der Waals surface area contributed by atoms with Crippen LogP contribution in [-0.2, 0) is 6.54 Å². The van der Waals surface area contributed by atoms with Gasteiger partial charge >= 0.3 is 0 Å². The number of hydrogen-bond donors (Lipinski definition) is 1. The van der Waals surface area contributed by atoms with Crippen molar-refractivity contribution in [3.63, 3.8) is 0 Å². The molecular formula is C11H15F2NO. The topological polar surface area (TPSA) is 23.5 Å². The predicted octanol–water partition coefficient (Wildman–Crippen LogP) is 2.95. The molecule has 0 unspecified atom stereocenters. The summed E-state index contributed by atoms with van der Waals surface area (Å²) in [6.07, 6.45) is 0. The molecule has 0 saturated heterocycles. The van der Waals surface area contributed by atoms with E-state index in [1.54, 1.807) is 20.8 Å². The fourth-order valence-corrected chi connectivity index (χ4v) is 1.07. The van der Waals surface area contributed by atoms with Gasteiger partial charge in [0.05, 0.1) is 6.54 Å². The predicted molar refractivity (Wildman–Crippen MR) is 53.4 cm³/mol. The number of halogens is 2. The van der Waals surface area contributed by atoms with Crippen molar-refractivity contribution >= 4 is 0 Å². The summed E-state index contributed by atoms with van der Waals surface area (Å²) >= 11 is 0. The van der Waals surface area contributed by atoms with Gasteiger partial charge in [0.15, 0.2) is 0 Å². The van der Waals surface area contributed by atoms with Gasteiger partial charge in [0.25, 0.3) is 0 Å². The van der Waals surface area contributed by atoms with Gasteiger partial charge in [-0.3, -0.25) is 0 Å². The quantitative estimate of drug-likeness (QED) is 0.767. The molecule has 2 nitrogen and oxygen atoms in total. The molecule has 84 valence electrons. The van der Waals surface area contributed by atoms with Gasteiger partial charge in [-0.2, -0.15) is 5.06 Å². The van der Waals surface area contributed by atoms with Crippen molar-refractivity contribution in [2.45, 2.75) is 32.9 Å². The van der Waals surface area contributed by atoms with Crippen molar-refractivity contribution in [3.8, 4) is 0 Å². The third-order valence-corrected chi connectivity index (χ3v) is 2.14. The van der Waals surface area contributed by atoms with Crippen LogP contribution in [0.2, 0.25) is 0 Å². The lowest BCUT2D eigenvalue weighted by atomic mass is 10.1. The van der Waals surface area contributed by atoms with Gasteiger partial charge < -0.3 is 5.21 Å². The average Bonchev–Trinajstić information content (AvgIpc) is 2.09. The highest BCUT2D eigenvalue weighted by Crippen LogP contribution is 2.18. The molecule has 0 bridgehead atoms. The van der Waals surface area contributed by atoms with E-state index in [1.165, 1.54) is 18.2 Å². The minimum atomic E-state index is -0.640. The number of hydroxylamine groups is 2. The number of benzene rings is 1. The Morgan fingerprint density at radius 1 is 1.20 bits per heavy atom. The normalized spacial score (nSPS) is 12.2. The van der Waals surface area contributed by atoms with E-state index >= 15 is 0 Å². The lowest BCUT2D eigenvalue weighted by Gasteiger charge is -2.29. The van der Waals surface area contributed by atoms with Crippen LogP contribution < -0.4 is 0 Å². The number of rotatable bonds is 2. The van der Waals surface area contributed by atoms with Crippen LogP contribution in [0.1, 0.15) is 26.3 Å². The first kappa shape index (κ1) is 12.1. The van der Waals surface area contributed by atoms with E-state index in [2.05, 4.69) is 0 Å². The van der Waals surface area contributed by atoms with Gasteiger partial charge in [0.1, 0.15) is 11.6 Å². The number of nitrogens with zero attached hydrogens (tertiary/aromatic N) is 1. The van der Waals surface area contributed by atoms with E-state index in [0.29, 0.717) is 0 Å². The Balaban J connectivity index is 2.90. The summed E-state index contributed by atoms with van der Waals surface area (Å²) in [6.45, 7) is 5.10. The monoisotopic (exact) mass is 215 g/mol. The second-order valence-electron chi connectivity index (χ2n) is 4.43. The van der Waals surface area contributed by atoms with Gasteiger partial charge in [-0.05, 0) is 32.9 Å². The van der Waals surface area contributed by atoms with E-state index < -0.39 is 17.2 Å². The molecule has 0 heterocycles. The van der Waals surface area contributed by atoms with Crippen molar-refractivity contribution in [3.05, 3.63) is 35.4 Å². The first-order valence-electron chi connectivity index (χ1n) is 4.72. The van der Waals surface area contributed by atoms with Gasteiger partial charge in [-0.15, -0.1) is 0 Å². The molecule has 0 aliphatic heterocycles. The molecule has 0 fully saturated rings. The third kappa shape index (κ3) is 2.97. The van der Waals surface area contributed by atoms with Crippen molar-refractivity contribution in [2.75, 3.05) is 0 Å². The lowest BCUT2D eigenvalue weighted by Crippen LogP contribution is -2.38. The summed E-state index contributed by atoms with van der Waals surface area (Å²) in [6, 6.07) is 3.65. The molecular weight excluding hydrogens is 200 g/mol. The maximum absolute atomic E-state index is 13.2. The zero-order valence-electron chi connectivity index (χ0n) is 9.09. The molecule has 1 aromatic carbocycles. The van der Waals surface area contributed by atoms with Crippen LogP contribution in [0.3, 0.4) is 0 Å². The van der Waals surface area contributed by atoms with Crippen LogP contribution in [0.4, 0.5) is 8.78 Å². The molecule has 0 amide bonds. The van der Waals surface area contributed by atoms with Gasteiger partial charge in [0, 0.05) is 11.1 Å². The Labute approximate surface area is 88.1 Å². The van der Waals surface area contributed by atoms with Gasteiger partial charge in [-0.1, -0.05) is 6.07 Å². The summed E-state index contributed by atoms with van der Waals surface area (Å²) in [5.41, 5.74) is -0.663. The van der Waals surface area contributed by atoms with Crippen molar-refractivity contribution in [1.29, 1.82) is 0 Å². The summed E-state index contributed by atoms with van der Waals surface area (Å²) in [5, 5.41) is 10.5. The smallest absolute Gasteiger partial charge is 0.130 e. The summed E-state index contributed by atoms with van der Waals surface area (Å²) in [7, 11) is 0. The van der Waals surface area contributed by atoms with Crippen molar-refractivity contribution in [1.82, 2.24) is 5.06 Å². The molecule has 0 atom stereocenters. The molecule has 1 N–H and O–H groups in total. The Morgan fingerprint density at radius 2 is 1.67 bits per heavy atom. The Kier molecular flexibility index (Phi) is 3.42. The molecule has 0 aliphatic carbocycles. The van der Waals surface area contributed by atoms with E-state index in [4.69, 9.17) is 0 Å². The van der Waals surface area contributed by atoms with Crippen molar-refractivity contribution < 1.29 is 14.0 Å². The van der Waals surface area contributed by atoms with Crippen LogP contribution in [0.25, 0.3) is 0 Å². The number of hydrogen-bond acceptors (Lipinski definition) is 2. The Bertz CT molecular complexity index is 327. The molecule has 0 saturated carbocycles. The highest BCUT2D eigenvalue weighted by Gasteiger charge is 2.22. The fourth-order valence-electron chi connectivity index (χ4n) is 1.07. The molecule has 15 heavy (non-hydrogen) atoms. The SMILES string of the molecule is CC(C)(C)N(O)Cc1c(F)cccc1F. The van der Waals surface area contributed by atoms with Crippen LogP contribution in [0.15, 0.2) is 18.2 Å². The van der Waals surface area contributed by atoms with E-state index in [1.807, 2.05) is 0 Å². The van der Waals surface area contributed by atoms with Crippen LogP contribution in [0.5, 0.6) is 0 Å². The highest BCUT2D eigenvalue weighted by atomic mass is 19.1. The zero-order chi connectivity index (χ0) is 11.6. The van der Waals surface area contributed by atoms with Gasteiger partial charge in [-0.25, -0.2) is 8.78 Å². The minimum absolute atomic E-state index is 0.116. The maximum Gasteiger partial charge on any atom is 0.130 e. The first-order chi connectivity index (χ1) is 6.82. The van der Waals surface area contributed by atoms with Crippen LogP contribution in [0, 0.1) is 11.6 Å². The standard InChI is InChI=1S/C11H15F2NO/c1-11(2,3)14(15)7-8-9(12)5-4-6-10(8)13/h4-6,15H,7H2,1-3H3. The van der Waals surface area contributed by atoms with E-state index in [9.17, 15) is 14.0 Å². The van der Waals surface area contributed by atoms with Crippen LogP contribution >= 0.6 is 0 Å². The van der Waals surface area contributed by atoms with Gasteiger partial charge in [0.2, 0.25) is 0 Å². The highest BCUT2D eigenvalue weighted by molar-refractivity contribution is 5.19. The second kappa shape index (κ2) is 4.24. The Morgan fingerprint density at radius 3 is 2.07 bits per heavy atom. The zero-order valence-corrected chi connectivity index (χ0v) is 9.09. The van der Waals surface area contributed by atoms with Crippen LogP contribution in [-0.4, -0.2) is 15.8 Å². The molecule has 0 radical (unpaired) electrons. The molecule has 1 aromatic rings. The Hall–Kier alpha value is -1.00. The molecule has 0 aliphatic rings. The minimum Gasteiger partial charge on any atom is -0.313 e. The summed E-state index contributed by atoms with van der Waals surface area (Å²) in [5.74, 6) is -1.28. The second-order valence-corrected chi connectivity index (χ2v) is 4.43. The molecule has 1 rings (SSSR count).